The molecule has 0 aliphatic carbocycles. The van der Waals surface area contributed by atoms with Crippen LogP contribution in [-0.4, -0.2) is 82.4 Å². The van der Waals surface area contributed by atoms with E-state index in [4.69, 9.17) is 9.47 Å². The van der Waals surface area contributed by atoms with Crippen LogP contribution >= 0.6 is 0 Å². The Bertz CT molecular complexity index is 661. The van der Waals surface area contributed by atoms with Crippen LogP contribution in [0.2, 0.25) is 0 Å². The van der Waals surface area contributed by atoms with Crippen LogP contribution in [0, 0.1) is 0 Å². The number of carbonyl (C=O) groups is 2. The van der Waals surface area contributed by atoms with E-state index in [9.17, 15) is 9.59 Å². The minimum absolute atomic E-state index is 0.0181. The third kappa shape index (κ3) is 2.97. The van der Waals surface area contributed by atoms with Crippen molar-refractivity contribution in [3.63, 3.8) is 0 Å². The molecule has 1 aromatic rings. The van der Waals surface area contributed by atoms with E-state index >= 15 is 0 Å². The maximum Gasteiger partial charge on any atom is 0.314 e. The van der Waals surface area contributed by atoms with Crippen molar-refractivity contribution in [3.05, 3.63) is 5.82 Å². The summed E-state index contributed by atoms with van der Waals surface area (Å²) in [6.45, 7) is 2.30. The van der Waals surface area contributed by atoms with Gasteiger partial charge >= 0.3 is 6.01 Å². The molecule has 3 heterocycles. The van der Waals surface area contributed by atoms with E-state index in [0.29, 0.717) is 39.1 Å². The molecule has 1 spiro atoms. The smallest absolute Gasteiger partial charge is 0.314 e. The van der Waals surface area contributed by atoms with E-state index in [1.807, 2.05) is 4.90 Å². The fraction of sp³-hybridized carbons (Fsp3) is 0.750. The van der Waals surface area contributed by atoms with Crippen LogP contribution in [0.15, 0.2) is 0 Å². The topological polar surface area (TPSA) is 89.8 Å². The number of hydrogen-bond acceptors (Lipinski definition) is 6. The van der Waals surface area contributed by atoms with Crippen molar-refractivity contribution in [1.82, 2.24) is 24.6 Å². The number of aryl methyl sites for hydroxylation is 1. The summed E-state index contributed by atoms with van der Waals surface area (Å²) < 4.78 is 11.6. The van der Waals surface area contributed by atoms with E-state index in [1.54, 1.807) is 19.1 Å². The SMILES string of the molecule is COCCN1CCCC2(CCCN2C(=O)c2nc(OC)n(C)n2)C1=O. The Kier molecular flexibility index (Phi) is 4.94. The summed E-state index contributed by atoms with van der Waals surface area (Å²) in [5, 5.41) is 4.14. The van der Waals surface area contributed by atoms with Crippen LogP contribution in [0.1, 0.15) is 36.3 Å². The highest BCUT2D eigenvalue weighted by atomic mass is 16.5. The second-order valence-electron chi connectivity index (χ2n) is 6.53. The van der Waals surface area contributed by atoms with Crippen LogP contribution in [-0.2, 0) is 16.6 Å². The number of amides is 2. The number of nitrogens with zero attached hydrogens (tertiary/aromatic N) is 5. The fourth-order valence-corrected chi connectivity index (χ4v) is 3.90. The largest absolute Gasteiger partial charge is 0.467 e. The zero-order valence-corrected chi connectivity index (χ0v) is 15.0. The molecule has 0 N–H and O–H groups in total. The Morgan fingerprint density at radius 1 is 1.24 bits per heavy atom. The Hall–Kier alpha value is -2.16. The normalized spacial score (nSPS) is 23.6. The molecule has 1 aromatic heterocycles. The van der Waals surface area contributed by atoms with Crippen molar-refractivity contribution in [1.29, 1.82) is 0 Å². The number of methoxy groups -OCH3 is 2. The molecule has 0 bridgehead atoms. The molecule has 2 fully saturated rings. The maximum atomic E-state index is 13.1. The lowest BCUT2D eigenvalue weighted by molar-refractivity contribution is -0.146. The lowest BCUT2D eigenvalue weighted by atomic mass is 9.85. The van der Waals surface area contributed by atoms with Gasteiger partial charge in [-0.3, -0.25) is 9.59 Å². The molecule has 2 saturated heterocycles. The zero-order chi connectivity index (χ0) is 18.0. The van der Waals surface area contributed by atoms with Crippen molar-refractivity contribution < 1.29 is 19.1 Å². The Labute approximate surface area is 146 Å². The number of aromatic nitrogens is 3. The van der Waals surface area contributed by atoms with E-state index < -0.39 is 5.54 Å². The molecule has 2 aliphatic heterocycles. The first kappa shape index (κ1) is 17.7. The maximum absolute atomic E-state index is 13.1. The highest BCUT2D eigenvalue weighted by Gasteiger charge is 2.53. The summed E-state index contributed by atoms with van der Waals surface area (Å²) in [6, 6.07) is 0.272. The average Bonchev–Trinajstić information content (AvgIpc) is 3.20. The summed E-state index contributed by atoms with van der Waals surface area (Å²) in [5.74, 6) is -0.217. The van der Waals surface area contributed by atoms with Gasteiger partial charge in [-0.2, -0.15) is 4.98 Å². The molecular formula is C16H25N5O4. The lowest BCUT2D eigenvalue weighted by Gasteiger charge is -2.44. The number of hydrogen-bond donors (Lipinski definition) is 0. The summed E-state index contributed by atoms with van der Waals surface area (Å²) in [4.78, 5) is 33.8. The minimum atomic E-state index is -0.768. The molecule has 25 heavy (non-hydrogen) atoms. The number of likely N-dealkylation sites (tertiary alicyclic amines) is 2. The Morgan fingerprint density at radius 3 is 2.60 bits per heavy atom. The molecule has 0 radical (unpaired) electrons. The molecule has 2 amide bonds. The van der Waals surface area contributed by atoms with Gasteiger partial charge in [-0.05, 0) is 25.7 Å². The van der Waals surface area contributed by atoms with Gasteiger partial charge in [0.2, 0.25) is 11.7 Å². The molecule has 0 aromatic carbocycles. The monoisotopic (exact) mass is 351 g/mol. The molecule has 2 aliphatic rings. The molecule has 3 rings (SSSR count). The van der Waals surface area contributed by atoms with E-state index in [2.05, 4.69) is 10.1 Å². The van der Waals surface area contributed by atoms with Crippen molar-refractivity contribution in [3.8, 4) is 6.01 Å². The van der Waals surface area contributed by atoms with Crippen LogP contribution in [0.4, 0.5) is 0 Å². The quantitative estimate of drug-likeness (QED) is 0.746. The molecule has 1 atom stereocenters. The molecule has 0 saturated carbocycles. The van der Waals surface area contributed by atoms with Crippen LogP contribution in [0.25, 0.3) is 0 Å². The minimum Gasteiger partial charge on any atom is -0.467 e. The molecule has 9 nitrogen and oxygen atoms in total. The third-order valence-corrected chi connectivity index (χ3v) is 5.10. The van der Waals surface area contributed by atoms with Gasteiger partial charge in [0.25, 0.3) is 5.91 Å². The number of piperidine rings is 1. The fourth-order valence-electron chi connectivity index (χ4n) is 3.90. The van der Waals surface area contributed by atoms with Gasteiger partial charge in [0.1, 0.15) is 5.54 Å². The molecule has 1 unspecified atom stereocenters. The van der Waals surface area contributed by atoms with E-state index in [0.717, 1.165) is 12.8 Å². The van der Waals surface area contributed by atoms with Crippen LogP contribution in [0.3, 0.4) is 0 Å². The van der Waals surface area contributed by atoms with Gasteiger partial charge in [-0.15, -0.1) is 5.10 Å². The Morgan fingerprint density at radius 2 is 1.96 bits per heavy atom. The Balaban J connectivity index is 1.85. The molecule has 9 heteroatoms. The molecule has 138 valence electrons. The summed E-state index contributed by atoms with van der Waals surface area (Å²) in [5.41, 5.74) is -0.768. The average molecular weight is 351 g/mol. The van der Waals surface area contributed by atoms with Gasteiger partial charge in [-0.1, -0.05) is 0 Å². The standard InChI is InChI=1S/C16H25N5O4/c1-19-15(25-3)17-12(18-19)13(22)21-9-5-7-16(21)6-4-8-20(14(16)23)10-11-24-2/h4-11H2,1-3H3. The number of carbonyl (C=O) groups excluding carboxylic acids is 2. The van der Waals surface area contributed by atoms with Gasteiger partial charge in [0.15, 0.2) is 0 Å². The first-order chi connectivity index (χ1) is 12.0. The highest BCUT2D eigenvalue weighted by molar-refractivity contribution is 5.98. The second kappa shape index (κ2) is 6.99. The summed E-state index contributed by atoms with van der Waals surface area (Å²) >= 11 is 0. The molecular weight excluding hydrogens is 326 g/mol. The first-order valence-electron chi connectivity index (χ1n) is 8.59. The van der Waals surface area contributed by atoms with Gasteiger partial charge < -0.3 is 19.3 Å². The van der Waals surface area contributed by atoms with E-state index in [1.165, 1.54) is 11.8 Å². The summed E-state index contributed by atoms with van der Waals surface area (Å²) in [7, 11) is 4.77. The highest BCUT2D eigenvalue weighted by Crippen LogP contribution is 2.39. The zero-order valence-electron chi connectivity index (χ0n) is 15.0. The van der Waals surface area contributed by atoms with Crippen molar-refractivity contribution in [2.45, 2.75) is 31.2 Å². The van der Waals surface area contributed by atoms with Gasteiger partial charge in [-0.25, -0.2) is 4.68 Å². The number of ether oxygens (including phenoxy) is 2. The van der Waals surface area contributed by atoms with Crippen LogP contribution in [0.5, 0.6) is 6.01 Å². The van der Waals surface area contributed by atoms with E-state index in [-0.39, 0.29) is 23.6 Å². The predicted molar refractivity (Wildman–Crippen MR) is 88.2 cm³/mol. The van der Waals surface area contributed by atoms with Crippen molar-refractivity contribution in [2.24, 2.45) is 7.05 Å². The number of rotatable bonds is 5. The van der Waals surface area contributed by atoms with Crippen molar-refractivity contribution in [2.75, 3.05) is 40.5 Å². The first-order valence-corrected chi connectivity index (χ1v) is 8.59. The third-order valence-electron chi connectivity index (χ3n) is 5.10. The predicted octanol–water partition coefficient (Wildman–Crippen LogP) is 0.0673. The summed E-state index contributed by atoms with van der Waals surface area (Å²) in [6.07, 6.45) is 3.05. The second-order valence-corrected chi connectivity index (χ2v) is 6.53. The van der Waals surface area contributed by atoms with Gasteiger partial charge in [0.05, 0.1) is 13.7 Å². The van der Waals surface area contributed by atoms with Gasteiger partial charge in [0, 0.05) is 33.8 Å². The van der Waals surface area contributed by atoms with Crippen molar-refractivity contribution >= 4 is 11.8 Å². The van der Waals surface area contributed by atoms with Crippen LogP contribution < -0.4 is 4.74 Å². The lowest BCUT2D eigenvalue weighted by Crippen LogP contribution is -2.61.